The number of thioether (sulfide) groups is 1. The molecule has 0 aliphatic heterocycles. The minimum atomic E-state index is -3.33. The van der Waals surface area contributed by atoms with Crippen LogP contribution in [0.5, 0.6) is 0 Å². The largest absolute Gasteiger partial charge is 0.383 e. The molecule has 0 aliphatic rings. The zero-order valence-electron chi connectivity index (χ0n) is 19.2. The number of hydrogen-bond donors (Lipinski definition) is 3. The predicted octanol–water partition coefficient (Wildman–Crippen LogP) is 3.86. The molecule has 1 amide bonds. The first kappa shape index (κ1) is 25.5. The second-order valence-corrected chi connectivity index (χ2v) is 10.3. The Hall–Kier alpha value is -3.15. The number of anilines is 4. The highest BCUT2D eigenvalue weighted by atomic mass is 32.2. The molecular weight excluding hydrogens is 474 g/mol. The minimum absolute atomic E-state index is 0.0280. The molecule has 0 saturated heterocycles. The first-order chi connectivity index (χ1) is 16.4. The summed E-state index contributed by atoms with van der Waals surface area (Å²) in [5.74, 6) is 0.903. The molecule has 0 spiro atoms. The van der Waals surface area contributed by atoms with E-state index in [4.69, 9.17) is 4.74 Å². The number of carbonyl (C=O) groups is 1. The Morgan fingerprint density at radius 1 is 1.03 bits per heavy atom. The SMILES string of the molecule is CCS(=O)(=O)c1ccc(SC)c(Nc2cc(Nc3ccc(C(=O)NCCOC)cc3)ncn2)c1. The molecule has 1 aromatic heterocycles. The van der Waals surface area contributed by atoms with Crippen LogP contribution in [0.3, 0.4) is 0 Å². The topological polar surface area (TPSA) is 122 Å². The Balaban J connectivity index is 1.73. The number of benzene rings is 2. The van der Waals surface area contributed by atoms with E-state index in [0.29, 0.717) is 36.0 Å². The van der Waals surface area contributed by atoms with Gasteiger partial charge in [0.05, 0.1) is 22.9 Å². The van der Waals surface area contributed by atoms with E-state index in [1.54, 1.807) is 62.6 Å². The molecule has 0 aliphatic carbocycles. The van der Waals surface area contributed by atoms with Crippen LogP contribution in [-0.4, -0.2) is 56.6 Å². The van der Waals surface area contributed by atoms with E-state index in [1.807, 2.05) is 6.26 Å². The average Bonchev–Trinajstić information content (AvgIpc) is 2.84. The molecule has 3 N–H and O–H groups in total. The van der Waals surface area contributed by atoms with Crippen molar-refractivity contribution in [2.24, 2.45) is 0 Å². The lowest BCUT2D eigenvalue weighted by Gasteiger charge is -2.13. The van der Waals surface area contributed by atoms with E-state index < -0.39 is 9.84 Å². The number of nitrogens with zero attached hydrogens (tertiary/aromatic N) is 2. The second-order valence-electron chi connectivity index (χ2n) is 7.13. The van der Waals surface area contributed by atoms with E-state index in [-0.39, 0.29) is 16.6 Å². The summed E-state index contributed by atoms with van der Waals surface area (Å²) in [5.41, 5.74) is 1.94. The summed E-state index contributed by atoms with van der Waals surface area (Å²) >= 11 is 1.50. The van der Waals surface area contributed by atoms with Crippen LogP contribution in [0.2, 0.25) is 0 Å². The molecule has 0 bridgehead atoms. The first-order valence-corrected chi connectivity index (χ1v) is 13.4. The number of nitrogens with one attached hydrogen (secondary N) is 3. The molecule has 0 saturated carbocycles. The Morgan fingerprint density at radius 2 is 1.74 bits per heavy atom. The lowest BCUT2D eigenvalue weighted by atomic mass is 10.2. The molecule has 0 radical (unpaired) electrons. The Morgan fingerprint density at radius 3 is 2.38 bits per heavy atom. The fourth-order valence-electron chi connectivity index (χ4n) is 3.00. The lowest BCUT2D eigenvalue weighted by molar-refractivity contribution is 0.0937. The summed E-state index contributed by atoms with van der Waals surface area (Å²) in [6.45, 7) is 2.51. The Kier molecular flexibility index (Phi) is 8.85. The lowest BCUT2D eigenvalue weighted by Crippen LogP contribution is -2.26. The van der Waals surface area contributed by atoms with E-state index >= 15 is 0 Å². The van der Waals surface area contributed by atoms with Gasteiger partial charge in [-0.2, -0.15) is 0 Å². The van der Waals surface area contributed by atoms with Gasteiger partial charge in [-0.25, -0.2) is 18.4 Å². The van der Waals surface area contributed by atoms with Gasteiger partial charge in [0.1, 0.15) is 18.0 Å². The molecule has 9 nitrogen and oxygen atoms in total. The molecule has 2 aromatic carbocycles. The molecule has 3 aromatic rings. The van der Waals surface area contributed by atoms with E-state index in [1.165, 1.54) is 18.1 Å². The van der Waals surface area contributed by atoms with Gasteiger partial charge in [0.2, 0.25) is 0 Å². The van der Waals surface area contributed by atoms with Crippen molar-refractivity contribution >= 4 is 50.5 Å². The van der Waals surface area contributed by atoms with Crippen molar-refractivity contribution in [2.45, 2.75) is 16.7 Å². The second kappa shape index (κ2) is 11.8. The van der Waals surface area contributed by atoms with Crippen LogP contribution >= 0.6 is 11.8 Å². The van der Waals surface area contributed by atoms with Crippen LogP contribution in [0.1, 0.15) is 17.3 Å². The highest BCUT2D eigenvalue weighted by Crippen LogP contribution is 2.31. The van der Waals surface area contributed by atoms with Crippen molar-refractivity contribution in [3.8, 4) is 0 Å². The number of methoxy groups -OCH3 is 1. The zero-order chi connectivity index (χ0) is 24.6. The molecule has 34 heavy (non-hydrogen) atoms. The molecule has 3 rings (SSSR count). The normalized spacial score (nSPS) is 11.1. The quantitative estimate of drug-likeness (QED) is 0.265. The number of amides is 1. The van der Waals surface area contributed by atoms with Gasteiger partial charge in [0, 0.05) is 35.9 Å². The van der Waals surface area contributed by atoms with Crippen LogP contribution in [0.25, 0.3) is 0 Å². The van der Waals surface area contributed by atoms with E-state index in [0.717, 1.165) is 10.6 Å². The summed E-state index contributed by atoms with van der Waals surface area (Å²) in [5, 5.41) is 9.15. The van der Waals surface area contributed by atoms with Gasteiger partial charge in [-0.3, -0.25) is 4.79 Å². The smallest absolute Gasteiger partial charge is 0.251 e. The van der Waals surface area contributed by atoms with Gasteiger partial charge in [-0.1, -0.05) is 6.92 Å². The summed E-state index contributed by atoms with van der Waals surface area (Å²) < 4.78 is 29.5. The van der Waals surface area contributed by atoms with Crippen molar-refractivity contribution in [1.82, 2.24) is 15.3 Å². The molecule has 1 heterocycles. The van der Waals surface area contributed by atoms with Crippen molar-refractivity contribution in [3.05, 3.63) is 60.4 Å². The zero-order valence-corrected chi connectivity index (χ0v) is 20.8. The van der Waals surface area contributed by atoms with Gasteiger partial charge in [-0.15, -0.1) is 11.8 Å². The van der Waals surface area contributed by atoms with Crippen molar-refractivity contribution in [1.29, 1.82) is 0 Å². The molecule has 11 heteroatoms. The number of rotatable bonds is 11. The molecular formula is C23H27N5O4S2. The third kappa shape index (κ3) is 6.69. The first-order valence-electron chi connectivity index (χ1n) is 10.5. The number of sulfone groups is 1. The van der Waals surface area contributed by atoms with Gasteiger partial charge >= 0.3 is 0 Å². The Labute approximate surface area is 203 Å². The number of carbonyl (C=O) groups excluding carboxylic acids is 1. The highest BCUT2D eigenvalue weighted by molar-refractivity contribution is 7.98. The fraction of sp³-hybridized carbons (Fsp3) is 0.261. The monoisotopic (exact) mass is 501 g/mol. The molecule has 0 unspecified atom stereocenters. The summed E-state index contributed by atoms with van der Waals surface area (Å²) in [6, 6.07) is 13.7. The van der Waals surface area contributed by atoms with Crippen molar-refractivity contribution in [2.75, 3.05) is 42.9 Å². The summed E-state index contributed by atoms with van der Waals surface area (Å²) in [7, 11) is -1.75. The number of hydrogen-bond acceptors (Lipinski definition) is 9. The van der Waals surface area contributed by atoms with Crippen LogP contribution in [0.4, 0.5) is 23.0 Å². The standard InChI is InChI=1S/C23H27N5O4S2/c1-4-34(30,31)18-9-10-20(33-3)19(13-18)28-22-14-21(25-15-26-22)27-17-7-5-16(6-8-17)23(29)24-11-12-32-2/h5-10,13-15H,4,11-12H2,1-3H3,(H,24,29)(H2,25,26,27,28). The number of ether oxygens (including phenoxy) is 1. The molecule has 0 atom stereocenters. The summed E-state index contributed by atoms with van der Waals surface area (Å²) in [6.07, 6.45) is 3.33. The average molecular weight is 502 g/mol. The van der Waals surface area contributed by atoms with Crippen molar-refractivity contribution < 1.29 is 17.9 Å². The Bertz CT molecular complexity index is 1230. The van der Waals surface area contributed by atoms with Crippen molar-refractivity contribution in [3.63, 3.8) is 0 Å². The van der Waals surface area contributed by atoms with E-state index in [2.05, 4.69) is 25.9 Å². The van der Waals surface area contributed by atoms with Crippen LogP contribution < -0.4 is 16.0 Å². The molecule has 180 valence electrons. The fourth-order valence-corrected chi connectivity index (χ4v) is 4.44. The third-order valence-corrected chi connectivity index (χ3v) is 7.38. The highest BCUT2D eigenvalue weighted by Gasteiger charge is 2.15. The predicted molar refractivity (Wildman–Crippen MR) is 135 cm³/mol. The van der Waals surface area contributed by atoms with Crippen LogP contribution in [0, 0.1) is 0 Å². The number of aromatic nitrogens is 2. The van der Waals surface area contributed by atoms with Gasteiger partial charge < -0.3 is 20.7 Å². The third-order valence-electron chi connectivity index (χ3n) is 4.85. The summed E-state index contributed by atoms with van der Waals surface area (Å²) in [4.78, 5) is 21.8. The molecule has 0 fully saturated rings. The van der Waals surface area contributed by atoms with E-state index in [9.17, 15) is 13.2 Å². The maximum Gasteiger partial charge on any atom is 0.251 e. The van der Waals surface area contributed by atoms with Crippen LogP contribution in [-0.2, 0) is 14.6 Å². The maximum atomic E-state index is 12.3. The van der Waals surface area contributed by atoms with Crippen LogP contribution in [0.15, 0.2) is 64.6 Å². The van der Waals surface area contributed by atoms with Gasteiger partial charge in [0.15, 0.2) is 9.84 Å². The minimum Gasteiger partial charge on any atom is -0.383 e. The van der Waals surface area contributed by atoms with Gasteiger partial charge in [-0.05, 0) is 48.7 Å². The van der Waals surface area contributed by atoms with Gasteiger partial charge in [0.25, 0.3) is 5.91 Å². The maximum absolute atomic E-state index is 12.3.